The van der Waals surface area contributed by atoms with Gasteiger partial charge in [-0.25, -0.2) is 8.42 Å². The van der Waals surface area contributed by atoms with Crippen LogP contribution in [0.3, 0.4) is 0 Å². The molecule has 0 aliphatic heterocycles. The molecule has 0 heterocycles. The van der Waals surface area contributed by atoms with Crippen molar-refractivity contribution in [3.63, 3.8) is 0 Å². The summed E-state index contributed by atoms with van der Waals surface area (Å²) in [5, 5.41) is 2.86. The second-order valence-corrected chi connectivity index (χ2v) is 7.65. The molecule has 122 valence electrons. The summed E-state index contributed by atoms with van der Waals surface area (Å²) >= 11 is 0. The quantitative estimate of drug-likeness (QED) is 0.832. The van der Waals surface area contributed by atoms with Crippen LogP contribution in [-0.2, 0) is 27.7 Å². The average Bonchev–Trinajstić information content (AvgIpc) is 3.26. The molecule has 0 bridgehead atoms. The van der Waals surface area contributed by atoms with Crippen molar-refractivity contribution in [1.29, 1.82) is 0 Å². The van der Waals surface area contributed by atoms with Crippen molar-refractivity contribution >= 4 is 21.6 Å². The van der Waals surface area contributed by atoms with Crippen LogP contribution in [0, 0.1) is 0 Å². The Balaban J connectivity index is 2.38. The molecule has 6 heteroatoms. The van der Waals surface area contributed by atoms with E-state index in [4.69, 9.17) is 0 Å². The maximum absolute atomic E-state index is 12.3. The molecule has 1 N–H and O–H groups in total. The Bertz CT molecular complexity index is 629. The number of hydrogen-bond acceptors (Lipinski definition) is 3. The number of hydrogen-bond donors (Lipinski definition) is 1. The minimum absolute atomic E-state index is 0.153. The van der Waals surface area contributed by atoms with Gasteiger partial charge >= 0.3 is 0 Å². The van der Waals surface area contributed by atoms with Crippen molar-refractivity contribution in [1.82, 2.24) is 5.32 Å². The van der Waals surface area contributed by atoms with E-state index >= 15 is 0 Å². The van der Waals surface area contributed by atoms with Crippen LogP contribution in [0.25, 0.3) is 0 Å². The van der Waals surface area contributed by atoms with Crippen LogP contribution in [0.4, 0.5) is 5.69 Å². The molecule has 1 aliphatic carbocycles. The van der Waals surface area contributed by atoms with Gasteiger partial charge in [0.1, 0.15) is 6.54 Å². The third-order valence-electron chi connectivity index (χ3n) is 3.84. The van der Waals surface area contributed by atoms with Crippen LogP contribution < -0.4 is 9.62 Å². The fraction of sp³-hybridized carbons (Fsp3) is 0.562. The SMILES string of the molecule is CCc1cccc(CC)c1N(CC(=O)NC1CC1)S(C)(=O)=O. The molecule has 0 atom stereocenters. The van der Waals surface area contributed by atoms with Gasteiger partial charge in [-0.2, -0.15) is 0 Å². The third-order valence-corrected chi connectivity index (χ3v) is 4.96. The van der Waals surface area contributed by atoms with Gasteiger partial charge in [0.2, 0.25) is 15.9 Å². The summed E-state index contributed by atoms with van der Waals surface area (Å²) in [5.41, 5.74) is 2.56. The lowest BCUT2D eigenvalue weighted by atomic mass is 10.0. The van der Waals surface area contributed by atoms with E-state index in [9.17, 15) is 13.2 Å². The first-order valence-electron chi connectivity index (χ1n) is 7.74. The number of aryl methyl sites for hydroxylation is 2. The minimum Gasteiger partial charge on any atom is -0.352 e. The molecular formula is C16H24N2O3S. The van der Waals surface area contributed by atoms with E-state index in [1.807, 2.05) is 32.0 Å². The highest BCUT2D eigenvalue weighted by Gasteiger charge is 2.28. The molecule has 1 aromatic rings. The average molecular weight is 324 g/mol. The molecule has 1 amide bonds. The summed E-state index contributed by atoms with van der Waals surface area (Å²) in [6.07, 6.45) is 4.56. The zero-order valence-corrected chi connectivity index (χ0v) is 14.2. The molecule has 5 nitrogen and oxygen atoms in total. The molecular weight excluding hydrogens is 300 g/mol. The Morgan fingerprint density at radius 1 is 1.23 bits per heavy atom. The molecule has 1 saturated carbocycles. The number of carbonyl (C=O) groups is 1. The number of rotatable bonds is 7. The van der Waals surface area contributed by atoms with Gasteiger partial charge in [-0.05, 0) is 36.8 Å². The number of sulfonamides is 1. The molecule has 1 fully saturated rings. The first-order valence-corrected chi connectivity index (χ1v) is 9.59. The summed E-state index contributed by atoms with van der Waals surface area (Å²) in [4.78, 5) is 12.1. The van der Waals surface area contributed by atoms with E-state index in [1.165, 1.54) is 4.31 Å². The van der Waals surface area contributed by atoms with Gasteiger partial charge in [-0.3, -0.25) is 9.10 Å². The first kappa shape index (κ1) is 16.8. The lowest BCUT2D eigenvalue weighted by Crippen LogP contribution is -2.41. The van der Waals surface area contributed by atoms with Crippen LogP contribution in [-0.4, -0.2) is 33.2 Å². The van der Waals surface area contributed by atoms with E-state index in [0.29, 0.717) is 5.69 Å². The van der Waals surface area contributed by atoms with Crippen LogP contribution in [0.5, 0.6) is 0 Å². The second kappa shape index (κ2) is 6.69. The predicted molar refractivity (Wildman–Crippen MR) is 88.6 cm³/mol. The van der Waals surface area contributed by atoms with Gasteiger partial charge in [0.05, 0.1) is 11.9 Å². The van der Waals surface area contributed by atoms with Crippen molar-refractivity contribution < 1.29 is 13.2 Å². The molecule has 1 aromatic carbocycles. The van der Waals surface area contributed by atoms with Crippen molar-refractivity contribution in [2.75, 3.05) is 17.1 Å². The summed E-state index contributed by atoms with van der Waals surface area (Å²) in [7, 11) is -3.52. The normalized spacial score (nSPS) is 14.7. The van der Waals surface area contributed by atoms with E-state index in [-0.39, 0.29) is 18.5 Å². The minimum atomic E-state index is -3.52. The molecule has 0 aromatic heterocycles. The third kappa shape index (κ3) is 4.00. The first-order chi connectivity index (χ1) is 10.4. The van der Waals surface area contributed by atoms with Gasteiger partial charge in [0.15, 0.2) is 0 Å². The highest BCUT2D eigenvalue weighted by molar-refractivity contribution is 7.92. The van der Waals surface area contributed by atoms with E-state index in [2.05, 4.69) is 5.32 Å². The smallest absolute Gasteiger partial charge is 0.240 e. The molecule has 0 unspecified atom stereocenters. The number of nitrogens with one attached hydrogen (secondary N) is 1. The Morgan fingerprint density at radius 3 is 2.18 bits per heavy atom. The number of amides is 1. The Labute approximate surface area is 132 Å². The fourth-order valence-electron chi connectivity index (χ4n) is 2.53. The van der Waals surface area contributed by atoms with Crippen LogP contribution >= 0.6 is 0 Å². The lowest BCUT2D eigenvalue weighted by Gasteiger charge is -2.26. The van der Waals surface area contributed by atoms with Gasteiger partial charge in [0, 0.05) is 6.04 Å². The van der Waals surface area contributed by atoms with Crippen molar-refractivity contribution in [3.8, 4) is 0 Å². The van der Waals surface area contributed by atoms with Crippen LogP contribution in [0.1, 0.15) is 37.8 Å². The molecule has 2 rings (SSSR count). The van der Waals surface area contributed by atoms with Crippen molar-refractivity contribution in [2.24, 2.45) is 0 Å². The van der Waals surface area contributed by atoms with E-state index in [1.54, 1.807) is 0 Å². The Kier molecular flexibility index (Phi) is 5.11. The second-order valence-electron chi connectivity index (χ2n) is 5.74. The number of nitrogens with zero attached hydrogens (tertiary/aromatic N) is 1. The molecule has 1 aliphatic rings. The zero-order valence-electron chi connectivity index (χ0n) is 13.4. The predicted octanol–water partition coefficient (Wildman–Crippen LogP) is 1.86. The topological polar surface area (TPSA) is 66.5 Å². The molecule has 0 radical (unpaired) electrons. The van der Waals surface area contributed by atoms with Gasteiger partial charge < -0.3 is 5.32 Å². The zero-order chi connectivity index (χ0) is 16.3. The highest BCUT2D eigenvalue weighted by Crippen LogP contribution is 2.29. The van der Waals surface area contributed by atoms with E-state index in [0.717, 1.165) is 43.1 Å². The van der Waals surface area contributed by atoms with E-state index < -0.39 is 10.0 Å². The van der Waals surface area contributed by atoms with Gasteiger partial charge in [-0.1, -0.05) is 32.0 Å². The molecule has 22 heavy (non-hydrogen) atoms. The number of para-hydroxylation sites is 1. The van der Waals surface area contributed by atoms with Gasteiger partial charge in [0.25, 0.3) is 0 Å². The summed E-state index contributed by atoms with van der Waals surface area (Å²) in [6, 6.07) is 6.00. The monoisotopic (exact) mass is 324 g/mol. The summed E-state index contributed by atoms with van der Waals surface area (Å²) in [6.45, 7) is 3.82. The summed E-state index contributed by atoms with van der Waals surface area (Å²) < 4.78 is 25.8. The highest BCUT2D eigenvalue weighted by atomic mass is 32.2. The maximum Gasteiger partial charge on any atom is 0.240 e. The van der Waals surface area contributed by atoms with Crippen LogP contribution in [0.2, 0.25) is 0 Å². The number of benzene rings is 1. The standard InChI is InChI=1S/C16H24N2O3S/c1-4-12-7-6-8-13(5-2)16(12)18(22(3,20)21)11-15(19)17-14-9-10-14/h6-8,14H,4-5,9-11H2,1-3H3,(H,17,19). The Hall–Kier alpha value is -1.56. The largest absolute Gasteiger partial charge is 0.352 e. The number of anilines is 1. The molecule has 0 saturated heterocycles. The lowest BCUT2D eigenvalue weighted by molar-refractivity contribution is -0.119. The van der Waals surface area contributed by atoms with Crippen LogP contribution in [0.15, 0.2) is 18.2 Å². The maximum atomic E-state index is 12.3. The summed E-state index contributed by atoms with van der Waals surface area (Å²) in [5.74, 6) is -0.235. The Morgan fingerprint density at radius 2 is 1.77 bits per heavy atom. The number of carbonyl (C=O) groups excluding carboxylic acids is 1. The molecule has 0 spiro atoms. The van der Waals surface area contributed by atoms with Gasteiger partial charge in [-0.15, -0.1) is 0 Å². The van der Waals surface area contributed by atoms with Crippen molar-refractivity contribution in [3.05, 3.63) is 29.3 Å². The fourth-order valence-corrected chi connectivity index (χ4v) is 3.45. The van der Waals surface area contributed by atoms with Crippen molar-refractivity contribution in [2.45, 2.75) is 45.6 Å².